The molecule has 0 radical (unpaired) electrons. The molecule has 1 aromatic rings. The van der Waals surface area contributed by atoms with Crippen LogP contribution in [0.5, 0.6) is 0 Å². The lowest BCUT2D eigenvalue weighted by Crippen LogP contribution is -1.90. The van der Waals surface area contributed by atoms with Gasteiger partial charge in [-0.15, -0.1) is 0 Å². The van der Waals surface area contributed by atoms with Gasteiger partial charge in [-0.2, -0.15) is 0 Å². The monoisotopic (exact) mass is 200 g/mol. The Morgan fingerprint density at radius 2 is 2.10 bits per heavy atom. The number of rotatable bonds is 1. The molecule has 52 valence electrons. The second-order valence-electron chi connectivity index (χ2n) is 2.08. The van der Waals surface area contributed by atoms with Gasteiger partial charge in [0, 0.05) is 12.4 Å². The molecule has 1 fully saturated rings. The van der Waals surface area contributed by atoms with Crippen LogP contribution in [0.4, 0.5) is 0 Å². The number of hydrogen-bond donors (Lipinski definition) is 0. The Hall–Kier alpha value is -0.480. The van der Waals surface area contributed by atoms with E-state index in [1.165, 1.54) is 0 Å². The first kappa shape index (κ1) is 6.24. The summed E-state index contributed by atoms with van der Waals surface area (Å²) < 4.78 is 5.89. The normalized spacial score (nSPS) is 22.7. The van der Waals surface area contributed by atoms with Gasteiger partial charge in [0.2, 0.25) is 0 Å². The lowest BCUT2D eigenvalue weighted by molar-refractivity contribution is 0.406. The molecule has 1 aromatic heterocycles. The summed E-state index contributed by atoms with van der Waals surface area (Å²) in [6.45, 7) is 0.766. The molecule has 0 bridgehead atoms. The third-order valence-corrected chi connectivity index (χ3v) is 1.67. The standard InChI is InChI=1S/C6H5BrN2O/c7-4-1-8-6(9-2-4)5-3-10-5/h1-2,5H,3H2/t5-/m1/s1. The molecular formula is C6H5BrN2O. The fraction of sp³-hybridized carbons (Fsp3) is 0.333. The molecule has 1 aliphatic rings. The van der Waals surface area contributed by atoms with E-state index in [9.17, 15) is 0 Å². The van der Waals surface area contributed by atoms with Crippen molar-refractivity contribution in [1.82, 2.24) is 9.97 Å². The summed E-state index contributed by atoms with van der Waals surface area (Å²) in [4.78, 5) is 8.11. The third kappa shape index (κ3) is 1.17. The number of halogens is 1. The summed E-state index contributed by atoms with van der Waals surface area (Å²) in [7, 11) is 0. The number of ether oxygens (including phenoxy) is 1. The van der Waals surface area contributed by atoms with Crippen LogP contribution >= 0.6 is 15.9 Å². The van der Waals surface area contributed by atoms with Crippen molar-refractivity contribution in [2.45, 2.75) is 6.10 Å². The topological polar surface area (TPSA) is 38.3 Å². The maximum Gasteiger partial charge on any atom is 0.159 e. The zero-order chi connectivity index (χ0) is 6.97. The molecule has 10 heavy (non-hydrogen) atoms. The number of epoxide rings is 1. The van der Waals surface area contributed by atoms with E-state index in [2.05, 4.69) is 25.9 Å². The Morgan fingerprint density at radius 1 is 1.50 bits per heavy atom. The van der Waals surface area contributed by atoms with Crippen molar-refractivity contribution < 1.29 is 4.74 Å². The zero-order valence-corrected chi connectivity index (χ0v) is 6.71. The van der Waals surface area contributed by atoms with E-state index >= 15 is 0 Å². The minimum Gasteiger partial charge on any atom is -0.365 e. The molecule has 1 atom stereocenters. The Kier molecular flexibility index (Phi) is 1.43. The SMILES string of the molecule is Brc1cnc([C@H]2CO2)nc1. The summed E-state index contributed by atoms with van der Waals surface area (Å²) >= 11 is 3.25. The third-order valence-electron chi connectivity index (χ3n) is 1.26. The number of nitrogens with zero attached hydrogens (tertiary/aromatic N) is 2. The van der Waals surface area contributed by atoms with Crippen LogP contribution in [-0.2, 0) is 4.74 Å². The minimum atomic E-state index is 0.160. The highest BCUT2D eigenvalue weighted by molar-refractivity contribution is 9.10. The Morgan fingerprint density at radius 3 is 2.60 bits per heavy atom. The molecule has 1 aliphatic heterocycles. The van der Waals surface area contributed by atoms with Crippen LogP contribution in [0.15, 0.2) is 16.9 Å². The van der Waals surface area contributed by atoms with Crippen molar-refractivity contribution >= 4 is 15.9 Å². The van der Waals surface area contributed by atoms with Crippen LogP contribution in [0, 0.1) is 0 Å². The second kappa shape index (κ2) is 2.29. The van der Waals surface area contributed by atoms with Crippen molar-refractivity contribution in [2.24, 2.45) is 0 Å². The quantitative estimate of drug-likeness (QED) is 0.643. The van der Waals surface area contributed by atoms with E-state index in [-0.39, 0.29) is 6.10 Å². The number of hydrogen-bond acceptors (Lipinski definition) is 3. The maximum absolute atomic E-state index is 4.99. The maximum atomic E-state index is 4.99. The molecule has 0 saturated carbocycles. The first-order chi connectivity index (χ1) is 4.86. The highest BCUT2D eigenvalue weighted by Crippen LogP contribution is 2.26. The van der Waals surface area contributed by atoms with Crippen LogP contribution in [0.25, 0.3) is 0 Å². The first-order valence-corrected chi connectivity index (χ1v) is 3.74. The Labute approximate surface area is 66.6 Å². The van der Waals surface area contributed by atoms with Crippen molar-refractivity contribution in [3.63, 3.8) is 0 Å². The van der Waals surface area contributed by atoms with Crippen molar-refractivity contribution in [1.29, 1.82) is 0 Å². The summed E-state index contributed by atoms with van der Waals surface area (Å²) in [5, 5.41) is 0. The van der Waals surface area contributed by atoms with E-state index < -0.39 is 0 Å². The molecule has 0 spiro atoms. The molecule has 0 unspecified atom stereocenters. The van der Waals surface area contributed by atoms with Gasteiger partial charge in [-0.1, -0.05) is 0 Å². The van der Waals surface area contributed by atoms with Gasteiger partial charge >= 0.3 is 0 Å². The van der Waals surface area contributed by atoms with E-state index in [0.717, 1.165) is 16.9 Å². The molecule has 4 heteroatoms. The minimum absolute atomic E-state index is 0.160. The zero-order valence-electron chi connectivity index (χ0n) is 5.12. The van der Waals surface area contributed by atoms with Crippen molar-refractivity contribution in [2.75, 3.05) is 6.61 Å². The average molecular weight is 201 g/mol. The predicted molar refractivity (Wildman–Crippen MR) is 38.4 cm³/mol. The molecule has 0 amide bonds. The summed E-state index contributed by atoms with van der Waals surface area (Å²) in [6.07, 6.45) is 3.61. The average Bonchev–Trinajstić information content (AvgIpc) is 2.71. The summed E-state index contributed by atoms with van der Waals surface area (Å²) in [6, 6.07) is 0. The van der Waals surface area contributed by atoms with Gasteiger partial charge < -0.3 is 4.74 Å². The second-order valence-corrected chi connectivity index (χ2v) is 3.00. The Balaban J connectivity index is 2.28. The van der Waals surface area contributed by atoms with Crippen LogP contribution in [0.1, 0.15) is 11.9 Å². The van der Waals surface area contributed by atoms with Gasteiger partial charge in [-0.3, -0.25) is 0 Å². The van der Waals surface area contributed by atoms with Crippen molar-refractivity contribution in [3.8, 4) is 0 Å². The van der Waals surface area contributed by atoms with Crippen molar-refractivity contribution in [3.05, 3.63) is 22.7 Å². The molecular weight excluding hydrogens is 196 g/mol. The van der Waals surface area contributed by atoms with Crippen LogP contribution < -0.4 is 0 Å². The van der Waals surface area contributed by atoms with E-state index in [4.69, 9.17) is 4.74 Å². The van der Waals surface area contributed by atoms with Crippen LogP contribution in [0.2, 0.25) is 0 Å². The smallest absolute Gasteiger partial charge is 0.159 e. The lowest BCUT2D eigenvalue weighted by Gasteiger charge is -1.91. The van der Waals surface area contributed by atoms with Gasteiger partial charge in [0.25, 0.3) is 0 Å². The van der Waals surface area contributed by atoms with Gasteiger partial charge in [0.1, 0.15) is 6.10 Å². The molecule has 0 N–H and O–H groups in total. The molecule has 1 saturated heterocycles. The van der Waals surface area contributed by atoms with Gasteiger partial charge in [-0.05, 0) is 15.9 Å². The molecule has 2 heterocycles. The number of aromatic nitrogens is 2. The molecule has 0 aromatic carbocycles. The van der Waals surface area contributed by atoms with Crippen LogP contribution in [0.3, 0.4) is 0 Å². The van der Waals surface area contributed by atoms with E-state index in [0.29, 0.717) is 0 Å². The van der Waals surface area contributed by atoms with Gasteiger partial charge in [0.05, 0.1) is 11.1 Å². The van der Waals surface area contributed by atoms with Gasteiger partial charge in [-0.25, -0.2) is 9.97 Å². The largest absolute Gasteiger partial charge is 0.365 e. The predicted octanol–water partition coefficient (Wildman–Crippen LogP) is 1.31. The fourth-order valence-corrected chi connectivity index (χ4v) is 0.890. The summed E-state index contributed by atoms with van der Waals surface area (Å²) in [5.74, 6) is 0.781. The lowest BCUT2D eigenvalue weighted by atomic mass is 10.4. The van der Waals surface area contributed by atoms with Gasteiger partial charge in [0.15, 0.2) is 5.82 Å². The highest BCUT2D eigenvalue weighted by atomic mass is 79.9. The molecule has 3 nitrogen and oxygen atoms in total. The fourth-order valence-electron chi connectivity index (χ4n) is 0.686. The summed E-state index contributed by atoms with van der Waals surface area (Å²) in [5.41, 5.74) is 0. The highest BCUT2D eigenvalue weighted by Gasteiger charge is 2.27. The van der Waals surface area contributed by atoms with Crippen LogP contribution in [-0.4, -0.2) is 16.6 Å². The molecule has 2 rings (SSSR count). The van der Waals surface area contributed by atoms with E-state index in [1.54, 1.807) is 12.4 Å². The first-order valence-electron chi connectivity index (χ1n) is 2.95. The Bertz CT molecular complexity index is 232. The van der Waals surface area contributed by atoms with E-state index in [1.807, 2.05) is 0 Å². The molecule has 0 aliphatic carbocycles.